The molecule has 1 fully saturated rings. The molecule has 1 atom stereocenters. The second-order valence-corrected chi connectivity index (χ2v) is 16.0. The zero-order valence-electron chi connectivity index (χ0n) is 33.5. The van der Waals surface area contributed by atoms with Crippen LogP contribution < -0.4 is 5.32 Å². The molecule has 0 saturated carbocycles. The number of rotatable bonds is 8. The third-order valence-electron chi connectivity index (χ3n) is 9.11. The van der Waals surface area contributed by atoms with Gasteiger partial charge in [0, 0.05) is 55.8 Å². The van der Waals surface area contributed by atoms with Gasteiger partial charge < -0.3 is 19.3 Å². The molecule has 0 aliphatic carbocycles. The minimum Gasteiger partial charge on any atom is -0.444 e. The van der Waals surface area contributed by atoms with Crippen LogP contribution in [0.3, 0.4) is 0 Å². The van der Waals surface area contributed by atoms with E-state index < -0.39 is 23.4 Å². The number of carbonyl (C=O) groups is 4. The Hall–Kier alpha value is -5.45. The number of amides is 4. The first-order valence-corrected chi connectivity index (χ1v) is 19.2. The molecule has 1 unspecified atom stereocenters. The van der Waals surface area contributed by atoms with Gasteiger partial charge in [-0.3, -0.25) is 19.8 Å². The third-order valence-corrected chi connectivity index (χ3v) is 9.11. The Kier molecular flexibility index (Phi) is 12.8. The molecule has 292 valence electrons. The van der Waals surface area contributed by atoms with Gasteiger partial charge in [-0.05, 0) is 95.3 Å². The van der Waals surface area contributed by atoms with E-state index in [-0.39, 0.29) is 24.3 Å². The van der Waals surface area contributed by atoms with E-state index in [1.807, 2.05) is 118 Å². The van der Waals surface area contributed by atoms with Crippen LogP contribution in [0.5, 0.6) is 0 Å². The van der Waals surface area contributed by atoms with Gasteiger partial charge in [0.25, 0.3) is 5.91 Å². The molecule has 4 amide bonds. The number of ether oxygens (including phenoxy) is 2. The summed E-state index contributed by atoms with van der Waals surface area (Å²) in [4.78, 5) is 63.9. The Morgan fingerprint density at radius 3 is 2.07 bits per heavy atom. The molecular weight excluding hydrogens is 695 g/mol. The molecule has 1 N–H and O–H groups in total. The Morgan fingerprint density at radius 1 is 0.818 bits per heavy atom. The zero-order valence-corrected chi connectivity index (χ0v) is 33.5. The Morgan fingerprint density at radius 2 is 1.45 bits per heavy atom. The number of hydrogen-bond acceptors (Lipinski definition) is 7. The van der Waals surface area contributed by atoms with E-state index in [0.717, 1.165) is 35.1 Å². The van der Waals surface area contributed by atoms with Gasteiger partial charge in [-0.2, -0.15) is 0 Å². The maximum absolute atomic E-state index is 13.9. The van der Waals surface area contributed by atoms with Crippen molar-refractivity contribution in [3.05, 3.63) is 95.1 Å². The standard InChI is InChI=1S/C44H55N5O6/c1-9-22-47(23-10-2)40(51)35-26-34-21-20-33(27-36(34)45-38(28-35)46-41(52)54-43(3,4)5)30-16-18-32(19-17-30)39(50)48-24-25-49(42(53)55-44(6,7)8)37(29-48)31-14-12-11-13-15-31/h11-21,26-27,37H,9-10,22-25,28-29H2,1-8H3,(H,45,46,52). The molecule has 1 saturated heterocycles. The first kappa shape index (κ1) is 40.7. The largest absolute Gasteiger partial charge is 0.444 e. The molecule has 0 radical (unpaired) electrons. The van der Waals surface area contributed by atoms with Gasteiger partial charge in [0.2, 0.25) is 5.91 Å². The van der Waals surface area contributed by atoms with Crippen molar-refractivity contribution in [2.24, 2.45) is 4.99 Å². The predicted molar refractivity (Wildman–Crippen MR) is 216 cm³/mol. The number of hydrogen-bond donors (Lipinski definition) is 1. The number of carbonyl (C=O) groups excluding carboxylic acids is 4. The Bertz CT molecular complexity index is 1920. The van der Waals surface area contributed by atoms with Crippen LogP contribution in [0.1, 0.15) is 102 Å². The lowest BCUT2D eigenvalue weighted by molar-refractivity contribution is -0.127. The number of nitrogens with zero attached hydrogens (tertiary/aromatic N) is 4. The van der Waals surface area contributed by atoms with Gasteiger partial charge in [-0.1, -0.05) is 68.4 Å². The van der Waals surface area contributed by atoms with Crippen molar-refractivity contribution < 1.29 is 28.7 Å². The summed E-state index contributed by atoms with van der Waals surface area (Å²) in [7, 11) is 0. The minimum atomic E-state index is -0.709. The van der Waals surface area contributed by atoms with E-state index in [1.165, 1.54) is 0 Å². The first-order valence-electron chi connectivity index (χ1n) is 19.2. The first-order chi connectivity index (χ1) is 26.0. The molecule has 0 spiro atoms. The van der Waals surface area contributed by atoms with Crippen LogP contribution in [0.2, 0.25) is 0 Å². The smallest absolute Gasteiger partial charge is 0.413 e. The lowest BCUT2D eigenvalue weighted by Gasteiger charge is -2.42. The fraction of sp³-hybridized carbons (Fsp3) is 0.432. The Balaban J connectivity index is 1.39. The molecule has 5 rings (SSSR count). The van der Waals surface area contributed by atoms with E-state index in [4.69, 9.17) is 14.5 Å². The van der Waals surface area contributed by atoms with Gasteiger partial charge in [0.1, 0.15) is 17.0 Å². The molecule has 3 aromatic rings. The highest BCUT2D eigenvalue weighted by Crippen LogP contribution is 2.33. The maximum Gasteiger partial charge on any atom is 0.413 e. The van der Waals surface area contributed by atoms with Crippen LogP contribution >= 0.6 is 0 Å². The van der Waals surface area contributed by atoms with Gasteiger partial charge in [-0.15, -0.1) is 0 Å². The van der Waals surface area contributed by atoms with E-state index in [1.54, 1.807) is 30.6 Å². The summed E-state index contributed by atoms with van der Waals surface area (Å²) in [5.74, 6) is 0.114. The summed E-state index contributed by atoms with van der Waals surface area (Å²) in [6.07, 6.45) is 2.63. The highest BCUT2D eigenvalue weighted by atomic mass is 16.6. The number of aliphatic imine (C=N–C) groups is 1. The molecule has 0 bridgehead atoms. The number of amidine groups is 1. The lowest BCUT2D eigenvalue weighted by atomic mass is 9.99. The molecule has 3 aromatic carbocycles. The summed E-state index contributed by atoms with van der Waals surface area (Å²) < 4.78 is 11.2. The summed E-state index contributed by atoms with van der Waals surface area (Å²) in [6, 6.07) is 22.6. The van der Waals surface area contributed by atoms with Crippen LogP contribution in [0.4, 0.5) is 15.3 Å². The van der Waals surface area contributed by atoms with Crippen molar-refractivity contribution in [3.8, 4) is 11.1 Å². The summed E-state index contributed by atoms with van der Waals surface area (Å²) in [5, 5.41) is 2.79. The zero-order chi connectivity index (χ0) is 39.9. The quantitative estimate of drug-likeness (QED) is 0.246. The lowest BCUT2D eigenvalue weighted by Crippen LogP contribution is -2.53. The third kappa shape index (κ3) is 10.8. The summed E-state index contributed by atoms with van der Waals surface area (Å²) in [6.45, 7) is 17.3. The molecular formula is C44H55N5O6. The number of piperazine rings is 1. The summed E-state index contributed by atoms with van der Waals surface area (Å²) >= 11 is 0. The number of benzene rings is 3. The second-order valence-electron chi connectivity index (χ2n) is 16.0. The van der Waals surface area contributed by atoms with E-state index in [9.17, 15) is 19.2 Å². The van der Waals surface area contributed by atoms with Gasteiger partial charge >= 0.3 is 12.2 Å². The van der Waals surface area contributed by atoms with E-state index in [2.05, 4.69) is 5.32 Å². The average Bonchev–Trinajstić information content (AvgIpc) is 3.31. The monoisotopic (exact) mass is 749 g/mol. The predicted octanol–water partition coefficient (Wildman–Crippen LogP) is 8.78. The highest BCUT2D eigenvalue weighted by Gasteiger charge is 2.36. The van der Waals surface area contributed by atoms with Crippen molar-refractivity contribution in [2.75, 3.05) is 32.7 Å². The molecule has 2 aliphatic heterocycles. The summed E-state index contributed by atoms with van der Waals surface area (Å²) in [5.41, 5.74) is 3.73. The molecule has 2 heterocycles. The number of fused-ring (bicyclic) bond motifs is 1. The molecule has 11 heteroatoms. The van der Waals surface area contributed by atoms with E-state index >= 15 is 0 Å². The van der Waals surface area contributed by atoms with Crippen molar-refractivity contribution in [1.82, 2.24) is 20.0 Å². The Labute approximate surface area is 325 Å². The van der Waals surface area contributed by atoms with Gasteiger partial charge in [0.15, 0.2) is 0 Å². The number of alkyl carbamates (subject to hydrolysis) is 1. The normalized spacial score (nSPS) is 15.9. The van der Waals surface area contributed by atoms with Crippen LogP contribution in [0.25, 0.3) is 17.2 Å². The van der Waals surface area contributed by atoms with Crippen LogP contribution in [-0.2, 0) is 14.3 Å². The number of nitrogens with one attached hydrogen (secondary N) is 1. The fourth-order valence-electron chi connectivity index (χ4n) is 6.69. The topological polar surface area (TPSA) is 121 Å². The molecule has 2 aliphatic rings. The maximum atomic E-state index is 13.9. The van der Waals surface area contributed by atoms with E-state index in [0.29, 0.717) is 55.4 Å². The molecule has 0 aromatic heterocycles. The molecule has 55 heavy (non-hydrogen) atoms. The molecule has 11 nitrogen and oxygen atoms in total. The van der Waals surface area contributed by atoms with Crippen molar-refractivity contribution >= 4 is 41.6 Å². The average molecular weight is 750 g/mol. The second kappa shape index (κ2) is 17.3. The highest BCUT2D eigenvalue weighted by molar-refractivity contribution is 6.08. The fourth-order valence-corrected chi connectivity index (χ4v) is 6.69. The van der Waals surface area contributed by atoms with Gasteiger partial charge in [-0.25, -0.2) is 14.6 Å². The van der Waals surface area contributed by atoms with Gasteiger partial charge in [0.05, 0.1) is 11.7 Å². The van der Waals surface area contributed by atoms with Crippen LogP contribution in [0, 0.1) is 0 Å². The van der Waals surface area contributed by atoms with Crippen LogP contribution in [-0.4, -0.2) is 88.5 Å². The minimum absolute atomic E-state index is 0.0825. The van der Waals surface area contributed by atoms with Crippen molar-refractivity contribution in [1.29, 1.82) is 0 Å². The SMILES string of the molecule is CCCN(CCC)C(=O)C1=Cc2ccc(-c3ccc(C(=O)N4CCN(C(=O)OC(C)(C)C)C(c5ccccc5)C4)cc3)cc2N=C(NC(=O)OC(C)(C)C)C1. The van der Waals surface area contributed by atoms with Crippen molar-refractivity contribution in [2.45, 2.75) is 91.9 Å². The van der Waals surface area contributed by atoms with Crippen LogP contribution in [0.15, 0.2) is 83.4 Å². The van der Waals surface area contributed by atoms with Crippen molar-refractivity contribution in [3.63, 3.8) is 0 Å².